The predicted molar refractivity (Wildman–Crippen MR) is 402 cm³/mol. The van der Waals surface area contributed by atoms with Crippen LogP contribution < -0.4 is 19.6 Å². The number of hydrogen-bond donors (Lipinski definition) is 0. The molecule has 0 N–H and O–H groups in total. The summed E-state index contributed by atoms with van der Waals surface area (Å²) in [5.74, 6) is 0. The van der Waals surface area contributed by atoms with E-state index in [1.807, 2.05) is 12.1 Å². The number of rotatable bonds is 18. The first kappa shape index (κ1) is 57.9. The van der Waals surface area contributed by atoms with Crippen molar-refractivity contribution < 1.29 is 0 Å². The zero-order valence-electron chi connectivity index (χ0n) is 51.9. The van der Waals surface area contributed by atoms with Crippen LogP contribution in [0.25, 0.3) is 68.1 Å². The molecule has 0 aliphatic rings. The minimum Gasteiger partial charge on any atom is -0.311 e. The van der Waals surface area contributed by atoms with Gasteiger partial charge in [-0.15, -0.1) is 0 Å². The summed E-state index contributed by atoms with van der Waals surface area (Å²) in [6, 6.07) is 135. The summed E-state index contributed by atoms with van der Waals surface area (Å²) in [6.07, 6.45) is 8.66. The van der Waals surface area contributed by atoms with E-state index in [9.17, 15) is 0 Å². The van der Waals surface area contributed by atoms with Gasteiger partial charge in [0.25, 0.3) is 0 Å². The monoisotopic (exact) mass is 1200 g/mol. The van der Waals surface area contributed by atoms with Crippen LogP contribution in [0.2, 0.25) is 0 Å². The lowest BCUT2D eigenvalue weighted by molar-refractivity contribution is 1.24. The molecule has 446 valence electrons. The molecule has 0 saturated carbocycles. The van der Waals surface area contributed by atoms with Crippen molar-refractivity contribution in [2.75, 3.05) is 19.6 Å². The molecular weight excluding hydrogens is 1140 g/mol. The van der Waals surface area contributed by atoms with Gasteiger partial charge in [0.2, 0.25) is 0 Å². The maximum absolute atomic E-state index is 2.37. The third-order valence-corrected chi connectivity index (χ3v) is 17.4. The Bertz CT molecular complexity index is 4770. The van der Waals surface area contributed by atoms with Crippen LogP contribution in [0, 0.1) is 0 Å². The summed E-state index contributed by atoms with van der Waals surface area (Å²) in [5.41, 5.74) is 22.1. The fraction of sp³-hybridized carbons (Fsp3) is 0. The van der Waals surface area contributed by atoms with Gasteiger partial charge in [0.15, 0.2) is 0 Å². The van der Waals surface area contributed by atoms with Gasteiger partial charge in [-0.2, -0.15) is 0 Å². The molecule has 4 heteroatoms. The van der Waals surface area contributed by atoms with Gasteiger partial charge in [0.1, 0.15) is 0 Å². The van der Waals surface area contributed by atoms with Crippen LogP contribution in [0.3, 0.4) is 0 Å². The Labute approximate surface area is 551 Å². The van der Waals surface area contributed by atoms with Crippen molar-refractivity contribution in [1.29, 1.82) is 0 Å². The molecule has 15 aromatic rings. The standard InChI is InChI=1S/C90H66N4/c1-7-23-67(24-8-1)39-41-69-43-51-77(52-44-69)92(75-31-15-5-16-32-75)81-59-63-83(64-60-81)94(84-65-61-82(62-66-84)93(76-33-17-6-18-34-76)78-53-45-70(46-54-78)42-40-68-25-9-2-10-26-68)80-57-49-72(50-58-80)90-87-37-21-19-35-85(87)89(86-36-20-22-38-88(86)90)71-47-55-79(56-48-71)91(73-27-11-3-12-28-73)74-29-13-4-14-30-74/h1-66H. The van der Waals surface area contributed by atoms with Crippen molar-refractivity contribution in [3.8, 4) is 22.3 Å². The largest absolute Gasteiger partial charge is 0.311 e. The van der Waals surface area contributed by atoms with Crippen molar-refractivity contribution >= 4 is 114 Å². The maximum Gasteiger partial charge on any atom is 0.0463 e. The Morgan fingerprint density at radius 3 is 0.521 bits per heavy atom. The van der Waals surface area contributed by atoms with Gasteiger partial charge in [0.05, 0.1) is 0 Å². The Balaban J connectivity index is 0.805. The zero-order chi connectivity index (χ0) is 62.8. The minimum absolute atomic E-state index is 1.03. The van der Waals surface area contributed by atoms with E-state index in [0.29, 0.717) is 0 Å². The van der Waals surface area contributed by atoms with Gasteiger partial charge in [-0.05, 0) is 212 Å². The van der Waals surface area contributed by atoms with Crippen LogP contribution in [0.1, 0.15) is 22.3 Å². The first-order valence-electron chi connectivity index (χ1n) is 32.1. The Morgan fingerprint density at radius 1 is 0.138 bits per heavy atom. The molecule has 15 aromatic carbocycles. The molecule has 0 bridgehead atoms. The lowest BCUT2D eigenvalue weighted by Crippen LogP contribution is -2.13. The van der Waals surface area contributed by atoms with Crippen molar-refractivity contribution in [3.05, 3.63) is 398 Å². The summed E-state index contributed by atoms with van der Waals surface area (Å²) in [7, 11) is 0. The summed E-state index contributed by atoms with van der Waals surface area (Å²) < 4.78 is 0. The number of benzene rings is 15. The van der Waals surface area contributed by atoms with Gasteiger partial charge in [-0.3, -0.25) is 0 Å². The zero-order valence-corrected chi connectivity index (χ0v) is 51.9. The minimum atomic E-state index is 1.03. The SMILES string of the molecule is C(=Cc1ccc(N(c2ccccc2)c2ccc(N(c3ccc(-c4c5ccccc5c(-c5ccc(N(c6ccccc6)c6ccccc6)cc5)c5ccccc45)cc3)c3ccc(N(c4ccccc4)c4ccc(C=Cc5ccccc5)cc4)cc3)cc2)cc1)c1ccccc1. The van der Waals surface area contributed by atoms with Crippen molar-refractivity contribution in [2.45, 2.75) is 0 Å². The Morgan fingerprint density at radius 2 is 0.298 bits per heavy atom. The van der Waals surface area contributed by atoms with Crippen LogP contribution in [0.4, 0.5) is 68.2 Å². The fourth-order valence-corrected chi connectivity index (χ4v) is 12.9. The second-order valence-corrected chi connectivity index (χ2v) is 23.3. The van der Waals surface area contributed by atoms with Crippen LogP contribution in [-0.4, -0.2) is 0 Å². The molecule has 0 radical (unpaired) electrons. The van der Waals surface area contributed by atoms with E-state index in [4.69, 9.17) is 0 Å². The van der Waals surface area contributed by atoms with E-state index in [1.54, 1.807) is 0 Å². The topological polar surface area (TPSA) is 13.0 Å². The third kappa shape index (κ3) is 12.3. The van der Waals surface area contributed by atoms with Crippen molar-refractivity contribution in [2.24, 2.45) is 0 Å². The molecule has 0 spiro atoms. The van der Waals surface area contributed by atoms with E-state index < -0.39 is 0 Å². The average Bonchev–Trinajstić information content (AvgIpc) is 0.770. The highest BCUT2D eigenvalue weighted by Crippen LogP contribution is 2.47. The highest BCUT2D eigenvalue weighted by molar-refractivity contribution is 6.21. The van der Waals surface area contributed by atoms with Gasteiger partial charge in [-0.25, -0.2) is 0 Å². The Kier molecular flexibility index (Phi) is 16.6. The molecule has 94 heavy (non-hydrogen) atoms. The number of hydrogen-bond acceptors (Lipinski definition) is 4. The fourth-order valence-electron chi connectivity index (χ4n) is 12.9. The molecule has 0 fully saturated rings. The molecule has 0 heterocycles. The second-order valence-electron chi connectivity index (χ2n) is 23.3. The third-order valence-electron chi connectivity index (χ3n) is 17.4. The summed E-state index contributed by atoms with van der Waals surface area (Å²) >= 11 is 0. The van der Waals surface area contributed by atoms with E-state index in [0.717, 1.165) is 84.9 Å². The lowest BCUT2D eigenvalue weighted by Gasteiger charge is -2.29. The molecule has 0 saturated heterocycles. The molecule has 0 aromatic heterocycles. The van der Waals surface area contributed by atoms with Gasteiger partial charge < -0.3 is 19.6 Å². The predicted octanol–water partition coefficient (Wildman–Crippen LogP) is 25.5. The average molecular weight is 1200 g/mol. The van der Waals surface area contributed by atoms with Crippen LogP contribution in [0.5, 0.6) is 0 Å². The molecule has 4 nitrogen and oxygen atoms in total. The summed E-state index contributed by atoms with van der Waals surface area (Å²) in [6.45, 7) is 0. The smallest absolute Gasteiger partial charge is 0.0463 e. The highest BCUT2D eigenvalue weighted by atomic mass is 15.2. The summed E-state index contributed by atoms with van der Waals surface area (Å²) in [5, 5.41) is 4.82. The first-order chi connectivity index (χ1) is 46.6. The number of anilines is 12. The maximum atomic E-state index is 2.37. The molecule has 0 atom stereocenters. The molecular formula is C90H66N4. The second kappa shape index (κ2) is 26.9. The van der Waals surface area contributed by atoms with Gasteiger partial charge in [-0.1, -0.05) is 255 Å². The van der Waals surface area contributed by atoms with Crippen LogP contribution in [0.15, 0.2) is 376 Å². The number of nitrogens with zero attached hydrogens (tertiary/aromatic N) is 4. The highest BCUT2D eigenvalue weighted by Gasteiger charge is 2.22. The molecule has 0 unspecified atom stereocenters. The van der Waals surface area contributed by atoms with E-state index >= 15 is 0 Å². The summed E-state index contributed by atoms with van der Waals surface area (Å²) in [4.78, 5) is 9.34. The molecule has 15 rings (SSSR count). The molecule has 0 aliphatic heterocycles. The number of fused-ring (bicyclic) bond motifs is 2. The number of para-hydroxylation sites is 4. The van der Waals surface area contributed by atoms with Crippen molar-refractivity contribution in [1.82, 2.24) is 0 Å². The first-order valence-corrected chi connectivity index (χ1v) is 32.1. The van der Waals surface area contributed by atoms with Gasteiger partial charge >= 0.3 is 0 Å². The van der Waals surface area contributed by atoms with E-state index in [2.05, 4.69) is 408 Å². The van der Waals surface area contributed by atoms with Crippen LogP contribution in [-0.2, 0) is 0 Å². The van der Waals surface area contributed by atoms with E-state index in [-0.39, 0.29) is 0 Å². The Hall–Kier alpha value is -12.5. The lowest BCUT2D eigenvalue weighted by atomic mass is 9.86. The molecule has 0 aliphatic carbocycles. The molecule has 0 amide bonds. The quantitative estimate of drug-likeness (QED) is 0.0627. The normalized spacial score (nSPS) is 11.3. The van der Waals surface area contributed by atoms with Crippen molar-refractivity contribution in [3.63, 3.8) is 0 Å². The van der Waals surface area contributed by atoms with Gasteiger partial charge in [0, 0.05) is 68.2 Å². The van der Waals surface area contributed by atoms with Crippen LogP contribution >= 0.6 is 0 Å². The van der Waals surface area contributed by atoms with E-state index in [1.165, 1.54) is 49.4 Å².